The van der Waals surface area contributed by atoms with Crippen molar-refractivity contribution in [1.82, 2.24) is 15.8 Å². The predicted octanol–water partition coefficient (Wildman–Crippen LogP) is 2.28. The normalized spacial score (nSPS) is 20.8. The van der Waals surface area contributed by atoms with Gasteiger partial charge in [-0.1, -0.05) is 5.16 Å². The van der Waals surface area contributed by atoms with E-state index in [1.807, 2.05) is 0 Å². The largest absolute Gasteiger partial charge is 0.394 e. The number of hydrogen-bond acceptors (Lipinski definition) is 6. The minimum absolute atomic E-state index is 0.157. The van der Waals surface area contributed by atoms with E-state index in [-0.39, 0.29) is 30.7 Å². The van der Waals surface area contributed by atoms with Gasteiger partial charge in [0.25, 0.3) is 5.91 Å². The van der Waals surface area contributed by atoms with Crippen molar-refractivity contribution in [2.24, 2.45) is 0 Å². The second kappa shape index (κ2) is 10.4. The zero-order valence-electron chi connectivity index (χ0n) is 17.5. The van der Waals surface area contributed by atoms with Crippen LogP contribution in [0.4, 0.5) is 14.9 Å². The summed E-state index contributed by atoms with van der Waals surface area (Å²) >= 11 is 0. The number of aryl methyl sites for hydroxylation is 2. The topological polar surface area (TPSA) is 126 Å². The summed E-state index contributed by atoms with van der Waals surface area (Å²) in [6.07, 6.45) is 1.13. The fourth-order valence-corrected chi connectivity index (χ4v) is 3.53. The number of aromatic nitrogens is 1. The van der Waals surface area contributed by atoms with Crippen molar-refractivity contribution in [2.75, 3.05) is 18.5 Å². The van der Waals surface area contributed by atoms with E-state index in [1.165, 1.54) is 24.3 Å². The minimum Gasteiger partial charge on any atom is -0.394 e. The van der Waals surface area contributed by atoms with E-state index in [1.54, 1.807) is 13.8 Å². The fourth-order valence-electron chi connectivity index (χ4n) is 3.53. The number of benzene rings is 1. The lowest BCUT2D eigenvalue weighted by Gasteiger charge is -2.36. The van der Waals surface area contributed by atoms with Gasteiger partial charge in [0.05, 0.1) is 18.8 Å². The number of halogens is 1. The number of hydrogen-bond donors (Lipinski definition) is 4. The number of ether oxygens (including phenoxy) is 1. The maximum absolute atomic E-state index is 13.0. The third kappa shape index (κ3) is 6.02. The Hall–Kier alpha value is -2.98. The molecule has 1 aromatic heterocycles. The number of aliphatic hydroxyl groups is 1. The van der Waals surface area contributed by atoms with Gasteiger partial charge < -0.3 is 30.3 Å². The molecule has 0 unspecified atom stereocenters. The van der Waals surface area contributed by atoms with Crippen LogP contribution in [0.2, 0.25) is 0 Å². The molecular formula is C21H27FN4O5. The Labute approximate surface area is 179 Å². The van der Waals surface area contributed by atoms with E-state index in [0.717, 1.165) is 0 Å². The van der Waals surface area contributed by atoms with E-state index >= 15 is 0 Å². The first-order valence-electron chi connectivity index (χ1n) is 10.2. The molecule has 1 aromatic carbocycles. The summed E-state index contributed by atoms with van der Waals surface area (Å²) in [7, 11) is 0. The van der Waals surface area contributed by atoms with Crippen molar-refractivity contribution >= 4 is 17.6 Å². The molecule has 2 heterocycles. The number of nitrogens with zero attached hydrogens (tertiary/aromatic N) is 1. The number of anilines is 1. The Balaban J connectivity index is 1.43. The highest BCUT2D eigenvalue weighted by Crippen LogP contribution is 2.22. The standard InChI is InChI=1S/C21H27FN4O5/c1-12-19(13(2)31-26-12)25-21(29)23-10-9-16-7-8-17(18(11-27)30-16)24-20(28)14-3-5-15(22)6-4-14/h3-6,16-18,27H,7-11H2,1-2H3,(H,24,28)(H2,23,25,29)/t16-,17-,18-/m0/s1. The lowest BCUT2D eigenvalue weighted by molar-refractivity contribution is -0.0892. The number of urea groups is 1. The van der Waals surface area contributed by atoms with Crippen LogP contribution in [-0.2, 0) is 4.74 Å². The second-order valence-corrected chi connectivity index (χ2v) is 7.51. The smallest absolute Gasteiger partial charge is 0.319 e. The molecule has 0 spiro atoms. The molecule has 0 bridgehead atoms. The summed E-state index contributed by atoms with van der Waals surface area (Å²) in [6, 6.07) is 4.54. The summed E-state index contributed by atoms with van der Waals surface area (Å²) in [6.45, 7) is 3.59. The molecule has 3 amide bonds. The van der Waals surface area contributed by atoms with Gasteiger partial charge in [0.15, 0.2) is 5.76 Å². The minimum atomic E-state index is -0.556. The lowest BCUT2D eigenvalue weighted by Crippen LogP contribution is -2.51. The van der Waals surface area contributed by atoms with Crippen molar-refractivity contribution in [3.63, 3.8) is 0 Å². The summed E-state index contributed by atoms with van der Waals surface area (Å²) < 4.78 is 23.9. The first kappa shape index (κ1) is 22.7. The van der Waals surface area contributed by atoms with Gasteiger partial charge in [-0.25, -0.2) is 9.18 Å². The molecule has 168 valence electrons. The van der Waals surface area contributed by atoms with Gasteiger partial charge in [-0.15, -0.1) is 0 Å². The van der Waals surface area contributed by atoms with E-state index in [9.17, 15) is 19.1 Å². The van der Waals surface area contributed by atoms with Gasteiger partial charge in [0, 0.05) is 12.1 Å². The highest BCUT2D eigenvalue weighted by atomic mass is 19.1. The average Bonchev–Trinajstić information content (AvgIpc) is 3.07. The molecular weight excluding hydrogens is 407 g/mol. The number of aliphatic hydroxyl groups excluding tert-OH is 1. The number of nitrogens with one attached hydrogen (secondary N) is 3. The molecule has 1 aliphatic heterocycles. The zero-order chi connectivity index (χ0) is 22.4. The summed E-state index contributed by atoms with van der Waals surface area (Å²) in [5, 5.41) is 21.8. The van der Waals surface area contributed by atoms with Gasteiger partial charge in [0.2, 0.25) is 0 Å². The molecule has 9 nitrogen and oxygen atoms in total. The molecule has 2 aromatic rings. The summed E-state index contributed by atoms with van der Waals surface area (Å²) in [4.78, 5) is 24.4. The second-order valence-electron chi connectivity index (χ2n) is 7.51. The van der Waals surface area contributed by atoms with Crippen molar-refractivity contribution in [3.8, 4) is 0 Å². The van der Waals surface area contributed by atoms with Crippen LogP contribution >= 0.6 is 0 Å². The van der Waals surface area contributed by atoms with E-state index in [2.05, 4.69) is 21.1 Å². The molecule has 31 heavy (non-hydrogen) atoms. The fraction of sp³-hybridized carbons (Fsp3) is 0.476. The third-order valence-corrected chi connectivity index (χ3v) is 5.24. The van der Waals surface area contributed by atoms with Crippen LogP contribution in [0.5, 0.6) is 0 Å². The lowest BCUT2D eigenvalue weighted by atomic mass is 9.96. The molecule has 0 aliphatic carbocycles. The van der Waals surface area contributed by atoms with Gasteiger partial charge in [-0.3, -0.25) is 4.79 Å². The van der Waals surface area contributed by atoms with Gasteiger partial charge in [-0.05, 0) is 57.4 Å². The molecule has 1 aliphatic rings. The summed E-state index contributed by atoms with van der Waals surface area (Å²) in [5.74, 6) is -0.228. The molecule has 0 saturated carbocycles. The molecule has 3 rings (SSSR count). The third-order valence-electron chi connectivity index (χ3n) is 5.24. The quantitative estimate of drug-likeness (QED) is 0.530. The monoisotopic (exact) mass is 434 g/mol. The van der Waals surface area contributed by atoms with Crippen LogP contribution in [0.25, 0.3) is 0 Å². The summed E-state index contributed by atoms with van der Waals surface area (Å²) in [5.41, 5.74) is 1.49. The van der Waals surface area contributed by atoms with Crippen molar-refractivity contribution in [3.05, 3.63) is 47.1 Å². The highest BCUT2D eigenvalue weighted by molar-refractivity contribution is 5.94. The number of amides is 3. The van der Waals surface area contributed by atoms with Crippen LogP contribution in [0, 0.1) is 19.7 Å². The molecule has 3 atom stereocenters. The molecule has 0 radical (unpaired) electrons. The Morgan fingerprint density at radius 1 is 1.23 bits per heavy atom. The van der Waals surface area contributed by atoms with Crippen LogP contribution in [0.15, 0.2) is 28.8 Å². The molecule has 1 fully saturated rings. The predicted molar refractivity (Wildman–Crippen MR) is 110 cm³/mol. The first-order chi connectivity index (χ1) is 14.9. The Kier molecular flexibility index (Phi) is 7.59. The number of carbonyl (C=O) groups is 2. The van der Waals surface area contributed by atoms with Crippen molar-refractivity contribution < 1.29 is 28.3 Å². The van der Waals surface area contributed by atoms with Crippen LogP contribution in [0.3, 0.4) is 0 Å². The maximum atomic E-state index is 13.0. The number of carbonyl (C=O) groups excluding carboxylic acids is 2. The van der Waals surface area contributed by atoms with Crippen LogP contribution in [-0.4, -0.2) is 53.6 Å². The van der Waals surface area contributed by atoms with Crippen molar-refractivity contribution in [2.45, 2.75) is 51.4 Å². The first-order valence-corrected chi connectivity index (χ1v) is 10.2. The Bertz CT molecular complexity index is 882. The van der Waals surface area contributed by atoms with E-state index < -0.39 is 11.9 Å². The number of rotatable bonds is 7. The van der Waals surface area contributed by atoms with E-state index in [0.29, 0.717) is 48.5 Å². The zero-order valence-corrected chi connectivity index (χ0v) is 17.5. The van der Waals surface area contributed by atoms with E-state index in [4.69, 9.17) is 9.26 Å². The Morgan fingerprint density at radius 3 is 2.61 bits per heavy atom. The molecule has 10 heteroatoms. The maximum Gasteiger partial charge on any atom is 0.319 e. The van der Waals surface area contributed by atoms with Gasteiger partial charge in [0.1, 0.15) is 23.3 Å². The van der Waals surface area contributed by atoms with Gasteiger partial charge in [-0.2, -0.15) is 0 Å². The van der Waals surface area contributed by atoms with Crippen LogP contribution < -0.4 is 16.0 Å². The van der Waals surface area contributed by atoms with Gasteiger partial charge >= 0.3 is 6.03 Å². The van der Waals surface area contributed by atoms with Crippen molar-refractivity contribution in [1.29, 1.82) is 0 Å². The molecule has 4 N–H and O–H groups in total. The van der Waals surface area contributed by atoms with Crippen LogP contribution in [0.1, 0.15) is 41.1 Å². The highest BCUT2D eigenvalue weighted by Gasteiger charge is 2.32. The molecule has 1 saturated heterocycles. The Morgan fingerprint density at radius 2 is 1.97 bits per heavy atom. The average molecular weight is 434 g/mol. The SMILES string of the molecule is Cc1noc(C)c1NC(=O)NCC[C@@H]1CC[C@H](NC(=O)c2ccc(F)cc2)[C@H](CO)O1.